The molecule has 158 valence electrons. The van der Waals surface area contributed by atoms with Crippen molar-refractivity contribution < 1.29 is 13.9 Å². The lowest BCUT2D eigenvalue weighted by molar-refractivity contribution is 0.143. The summed E-state index contributed by atoms with van der Waals surface area (Å²) in [6.07, 6.45) is 0.102. The highest BCUT2D eigenvalue weighted by atomic mass is 16.5. The number of carbonyl (C=O) groups excluding carboxylic acids is 1. The van der Waals surface area contributed by atoms with E-state index in [9.17, 15) is 4.79 Å². The fraction of sp³-hybridized carbons (Fsp3) is 0.185. The third-order valence-electron chi connectivity index (χ3n) is 5.59. The quantitative estimate of drug-likeness (QED) is 0.352. The van der Waals surface area contributed by atoms with Gasteiger partial charge in [0.1, 0.15) is 12.1 Å². The molecular formula is C27H22N2O3. The second-order valence-electron chi connectivity index (χ2n) is 7.72. The van der Waals surface area contributed by atoms with Crippen molar-refractivity contribution in [1.29, 1.82) is 0 Å². The Morgan fingerprint density at radius 3 is 2.53 bits per heavy atom. The van der Waals surface area contributed by atoms with Gasteiger partial charge in [-0.05, 0) is 40.5 Å². The molecule has 1 aliphatic rings. The summed E-state index contributed by atoms with van der Waals surface area (Å²) in [5.74, 6) is 6.85. The van der Waals surface area contributed by atoms with E-state index in [0.717, 1.165) is 16.7 Å². The number of oxazole rings is 1. The Morgan fingerprint density at radius 1 is 1.06 bits per heavy atom. The average Bonchev–Trinajstić information content (AvgIpc) is 3.34. The van der Waals surface area contributed by atoms with Gasteiger partial charge in [-0.3, -0.25) is 0 Å². The molecule has 1 aliphatic carbocycles. The highest BCUT2D eigenvalue weighted by Crippen LogP contribution is 2.44. The first-order valence-electron chi connectivity index (χ1n) is 10.6. The summed E-state index contributed by atoms with van der Waals surface area (Å²) in [7, 11) is 0. The van der Waals surface area contributed by atoms with Crippen molar-refractivity contribution in [3.8, 4) is 23.0 Å². The van der Waals surface area contributed by atoms with Crippen LogP contribution in [-0.4, -0.2) is 24.2 Å². The lowest BCUT2D eigenvalue weighted by atomic mass is 9.98. The van der Waals surface area contributed by atoms with E-state index in [4.69, 9.17) is 9.15 Å². The summed E-state index contributed by atoms with van der Waals surface area (Å²) in [6.45, 7) is 2.55. The summed E-state index contributed by atoms with van der Waals surface area (Å²) < 4.78 is 11.1. The number of nitrogens with zero attached hydrogens (tertiary/aromatic N) is 1. The van der Waals surface area contributed by atoms with Crippen LogP contribution in [0.2, 0.25) is 0 Å². The van der Waals surface area contributed by atoms with Gasteiger partial charge in [-0.2, -0.15) is 0 Å². The van der Waals surface area contributed by atoms with Gasteiger partial charge in [0.15, 0.2) is 11.5 Å². The van der Waals surface area contributed by atoms with Gasteiger partial charge in [0, 0.05) is 31.4 Å². The largest absolute Gasteiger partial charge is 0.449 e. The minimum atomic E-state index is -0.424. The third-order valence-corrected chi connectivity index (χ3v) is 5.59. The number of aromatic nitrogens is 1. The van der Waals surface area contributed by atoms with E-state index in [-0.39, 0.29) is 5.92 Å². The molecule has 0 saturated carbocycles. The van der Waals surface area contributed by atoms with Crippen molar-refractivity contribution in [2.45, 2.75) is 19.3 Å². The zero-order chi connectivity index (χ0) is 21.9. The molecule has 5 heteroatoms. The SMILES string of the molecule is Cc1nc2ccc(C#CCCNC(=O)OCC3c4ccccc4-c4ccccc43)cc2o1. The van der Waals surface area contributed by atoms with Crippen LogP contribution in [0.3, 0.4) is 0 Å². The molecule has 4 aromatic rings. The maximum atomic E-state index is 12.2. The van der Waals surface area contributed by atoms with Crippen molar-refractivity contribution in [2.24, 2.45) is 0 Å². The molecule has 3 aromatic carbocycles. The summed E-state index contributed by atoms with van der Waals surface area (Å²) >= 11 is 0. The number of carbonyl (C=O) groups is 1. The van der Waals surface area contributed by atoms with Crippen molar-refractivity contribution in [3.05, 3.63) is 89.3 Å². The number of fused-ring (bicyclic) bond motifs is 4. The predicted molar refractivity (Wildman–Crippen MR) is 123 cm³/mol. The Bertz CT molecular complexity index is 1310. The van der Waals surface area contributed by atoms with E-state index in [1.165, 1.54) is 22.3 Å². The molecule has 0 radical (unpaired) electrons. The van der Waals surface area contributed by atoms with Gasteiger partial charge in [0.25, 0.3) is 0 Å². The number of ether oxygens (including phenoxy) is 1. The lowest BCUT2D eigenvalue weighted by Gasteiger charge is -2.14. The van der Waals surface area contributed by atoms with Crippen LogP contribution < -0.4 is 5.32 Å². The normalized spacial score (nSPS) is 12.0. The minimum Gasteiger partial charge on any atom is -0.449 e. The van der Waals surface area contributed by atoms with Crippen LogP contribution in [0.4, 0.5) is 4.79 Å². The maximum Gasteiger partial charge on any atom is 0.407 e. The molecule has 0 atom stereocenters. The lowest BCUT2D eigenvalue weighted by Crippen LogP contribution is -2.26. The maximum absolute atomic E-state index is 12.2. The average molecular weight is 422 g/mol. The second-order valence-corrected chi connectivity index (χ2v) is 7.72. The molecule has 0 bridgehead atoms. The fourth-order valence-electron chi connectivity index (χ4n) is 4.16. The molecule has 1 N–H and O–H groups in total. The number of amides is 1. The molecule has 0 spiro atoms. The van der Waals surface area contributed by atoms with Gasteiger partial charge < -0.3 is 14.5 Å². The summed E-state index contributed by atoms with van der Waals surface area (Å²) in [5, 5.41) is 2.78. The fourth-order valence-corrected chi connectivity index (χ4v) is 4.16. The minimum absolute atomic E-state index is 0.0579. The summed E-state index contributed by atoms with van der Waals surface area (Å²) in [4.78, 5) is 16.5. The van der Waals surface area contributed by atoms with Crippen LogP contribution in [0.1, 0.15) is 34.9 Å². The Morgan fingerprint density at radius 2 is 1.78 bits per heavy atom. The van der Waals surface area contributed by atoms with E-state index in [1.54, 1.807) is 0 Å². The van der Waals surface area contributed by atoms with Gasteiger partial charge in [-0.25, -0.2) is 9.78 Å². The van der Waals surface area contributed by atoms with E-state index < -0.39 is 6.09 Å². The molecule has 0 saturated heterocycles. The molecule has 1 aromatic heterocycles. The number of nitrogens with one attached hydrogen (secondary N) is 1. The number of alkyl carbamates (subject to hydrolysis) is 1. The molecule has 1 amide bonds. The number of benzene rings is 3. The van der Waals surface area contributed by atoms with Gasteiger partial charge in [0.05, 0.1) is 0 Å². The van der Waals surface area contributed by atoms with Crippen LogP contribution >= 0.6 is 0 Å². The van der Waals surface area contributed by atoms with Crippen LogP contribution in [0.25, 0.3) is 22.2 Å². The second kappa shape index (κ2) is 8.60. The first-order chi connectivity index (χ1) is 15.7. The Balaban J connectivity index is 1.13. The van der Waals surface area contributed by atoms with E-state index >= 15 is 0 Å². The third kappa shape index (κ3) is 3.95. The molecule has 1 heterocycles. The summed E-state index contributed by atoms with van der Waals surface area (Å²) in [6, 6.07) is 22.3. The van der Waals surface area contributed by atoms with E-state index in [2.05, 4.69) is 46.4 Å². The van der Waals surface area contributed by atoms with Crippen molar-refractivity contribution in [3.63, 3.8) is 0 Å². The summed E-state index contributed by atoms with van der Waals surface area (Å²) in [5.41, 5.74) is 7.24. The van der Waals surface area contributed by atoms with E-state index in [1.807, 2.05) is 49.4 Å². The van der Waals surface area contributed by atoms with Crippen molar-refractivity contribution in [1.82, 2.24) is 10.3 Å². The Kier molecular flexibility index (Phi) is 5.35. The highest BCUT2D eigenvalue weighted by molar-refractivity contribution is 5.79. The van der Waals surface area contributed by atoms with Gasteiger partial charge >= 0.3 is 6.09 Å². The van der Waals surface area contributed by atoms with Crippen LogP contribution in [0, 0.1) is 18.8 Å². The molecule has 0 aliphatic heterocycles. The zero-order valence-corrected chi connectivity index (χ0v) is 17.7. The number of hydrogen-bond acceptors (Lipinski definition) is 4. The molecular weight excluding hydrogens is 400 g/mol. The van der Waals surface area contributed by atoms with Crippen LogP contribution in [-0.2, 0) is 4.74 Å². The Labute approximate surface area is 186 Å². The van der Waals surface area contributed by atoms with Crippen LogP contribution in [0.5, 0.6) is 0 Å². The van der Waals surface area contributed by atoms with Crippen molar-refractivity contribution >= 4 is 17.2 Å². The highest BCUT2D eigenvalue weighted by Gasteiger charge is 2.28. The van der Waals surface area contributed by atoms with Gasteiger partial charge in [-0.1, -0.05) is 60.4 Å². The molecule has 5 nitrogen and oxygen atoms in total. The smallest absolute Gasteiger partial charge is 0.407 e. The topological polar surface area (TPSA) is 64.4 Å². The molecule has 0 unspecified atom stereocenters. The number of rotatable bonds is 4. The van der Waals surface area contributed by atoms with E-state index in [0.29, 0.717) is 25.5 Å². The molecule has 5 rings (SSSR count). The molecule has 32 heavy (non-hydrogen) atoms. The monoisotopic (exact) mass is 422 g/mol. The number of aryl methyl sites for hydroxylation is 1. The first-order valence-corrected chi connectivity index (χ1v) is 10.6. The van der Waals surface area contributed by atoms with Crippen LogP contribution in [0.15, 0.2) is 71.1 Å². The Hall–Kier alpha value is -4.04. The van der Waals surface area contributed by atoms with Crippen molar-refractivity contribution in [2.75, 3.05) is 13.2 Å². The first kappa shape index (κ1) is 19.9. The molecule has 0 fully saturated rings. The van der Waals surface area contributed by atoms with Gasteiger partial charge in [-0.15, -0.1) is 0 Å². The standard InChI is InChI=1S/C27H22N2O3/c1-18-29-25-14-13-19(16-26(25)32-18)8-6-7-15-28-27(30)31-17-24-22-11-4-2-9-20(22)21-10-3-5-12-23(21)24/h2-5,9-14,16,24H,7,15,17H2,1H3,(H,28,30). The van der Waals surface area contributed by atoms with Gasteiger partial charge in [0.2, 0.25) is 0 Å². The zero-order valence-electron chi connectivity index (χ0n) is 17.7. The predicted octanol–water partition coefficient (Wildman–Crippen LogP) is 5.42. The number of hydrogen-bond donors (Lipinski definition) is 1.